The molecule has 0 saturated carbocycles. The van der Waals surface area contributed by atoms with Gasteiger partial charge in [0.2, 0.25) is 5.91 Å². The van der Waals surface area contributed by atoms with Crippen LogP contribution in [0.25, 0.3) is 0 Å². The molecule has 0 radical (unpaired) electrons. The normalized spacial score (nSPS) is 15.9. The monoisotopic (exact) mass is 407 g/mol. The van der Waals surface area contributed by atoms with Gasteiger partial charge in [0.15, 0.2) is 0 Å². The molecule has 150 valence electrons. The van der Waals surface area contributed by atoms with Crippen LogP contribution in [0.2, 0.25) is 0 Å². The molecule has 1 saturated heterocycles. The van der Waals surface area contributed by atoms with Crippen molar-refractivity contribution in [1.29, 1.82) is 0 Å². The summed E-state index contributed by atoms with van der Waals surface area (Å²) in [7, 11) is 1.96. The molecule has 2 N–H and O–H groups in total. The van der Waals surface area contributed by atoms with E-state index in [0.717, 1.165) is 21.8 Å². The molecule has 1 amide bonds. The van der Waals surface area contributed by atoms with Crippen molar-refractivity contribution in [2.75, 3.05) is 13.2 Å². The summed E-state index contributed by atoms with van der Waals surface area (Å²) in [6.45, 7) is 1.14. The maximum atomic E-state index is 12.3. The van der Waals surface area contributed by atoms with Crippen LogP contribution in [0.1, 0.15) is 29.7 Å². The van der Waals surface area contributed by atoms with E-state index in [2.05, 4.69) is 41.5 Å². The quantitative estimate of drug-likeness (QED) is 0.676. The molecule has 5 nitrogen and oxygen atoms in total. The first kappa shape index (κ1) is 19.7. The molecule has 0 spiro atoms. The second-order valence-corrected chi connectivity index (χ2v) is 8.60. The van der Waals surface area contributed by atoms with Crippen LogP contribution in [0.5, 0.6) is 0 Å². The van der Waals surface area contributed by atoms with Crippen LogP contribution in [0.15, 0.2) is 70.6 Å². The molecule has 3 aromatic rings. The Morgan fingerprint density at radius 3 is 2.55 bits per heavy atom. The minimum Gasteiger partial charge on any atom is -0.381 e. The fourth-order valence-corrected chi connectivity index (χ4v) is 4.73. The molecule has 29 heavy (non-hydrogen) atoms. The van der Waals surface area contributed by atoms with E-state index >= 15 is 0 Å². The van der Waals surface area contributed by atoms with Gasteiger partial charge in [-0.1, -0.05) is 36.0 Å². The van der Waals surface area contributed by atoms with Crippen molar-refractivity contribution in [2.45, 2.75) is 34.5 Å². The Balaban J connectivity index is 1.50. The lowest BCUT2D eigenvalue weighted by Crippen LogP contribution is -2.45. The van der Waals surface area contributed by atoms with Gasteiger partial charge in [0, 0.05) is 48.4 Å². The maximum absolute atomic E-state index is 12.3. The summed E-state index contributed by atoms with van der Waals surface area (Å²) in [4.78, 5) is 14.6. The zero-order valence-corrected chi connectivity index (χ0v) is 17.3. The molecule has 2 heterocycles. The Hall–Kier alpha value is -2.57. The second kappa shape index (κ2) is 8.43. The fraction of sp³-hybridized carbons (Fsp3) is 0.304. The van der Waals surface area contributed by atoms with Crippen molar-refractivity contribution in [3.05, 3.63) is 77.6 Å². The number of ether oxygens (including phenoxy) is 1. The molecule has 1 aliphatic heterocycles. The van der Waals surface area contributed by atoms with Crippen LogP contribution >= 0.6 is 11.8 Å². The van der Waals surface area contributed by atoms with Gasteiger partial charge in [-0.15, -0.1) is 0 Å². The minimum atomic E-state index is -0.623. The lowest BCUT2D eigenvalue weighted by Gasteiger charge is -2.34. The molecule has 0 aliphatic carbocycles. The topological polar surface area (TPSA) is 70.1 Å². The van der Waals surface area contributed by atoms with E-state index in [1.54, 1.807) is 11.8 Å². The summed E-state index contributed by atoms with van der Waals surface area (Å²) in [6.07, 6.45) is 3.96. The summed E-state index contributed by atoms with van der Waals surface area (Å²) >= 11 is 1.70. The predicted molar refractivity (Wildman–Crippen MR) is 114 cm³/mol. The van der Waals surface area contributed by atoms with E-state index in [0.29, 0.717) is 26.1 Å². The first-order valence-electron chi connectivity index (χ1n) is 9.79. The highest BCUT2D eigenvalue weighted by atomic mass is 32.2. The van der Waals surface area contributed by atoms with Crippen molar-refractivity contribution in [3.8, 4) is 0 Å². The molecule has 6 heteroatoms. The fourth-order valence-electron chi connectivity index (χ4n) is 3.85. The van der Waals surface area contributed by atoms with Crippen molar-refractivity contribution in [2.24, 2.45) is 12.8 Å². The average Bonchev–Trinajstić information content (AvgIpc) is 3.14. The van der Waals surface area contributed by atoms with Gasteiger partial charge in [0.25, 0.3) is 0 Å². The Labute approximate surface area is 175 Å². The SMILES string of the molecule is Cn1nccc1Cc1ccc(Sc2cccc(C3(C(N)=O)CCOCC3)c2)cc1. The summed E-state index contributed by atoms with van der Waals surface area (Å²) < 4.78 is 7.36. The van der Waals surface area contributed by atoms with Crippen LogP contribution in [-0.2, 0) is 28.4 Å². The number of benzene rings is 2. The Kier molecular flexibility index (Phi) is 5.74. The summed E-state index contributed by atoms with van der Waals surface area (Å²) in [5, 5.41) is 4.22. The van der Waals surface area contributed by atoms with E-state index in [-0.39, 0.29) is 5.91 Å². The van der Waals surface area contributed by atoms with Crippen LogP contribution in [0.3, 0.4) is 0 Å². The number of hydrogen-bond acceptors (Lipinski definition) is 4. The number of nitrogens with zero attached hydrogens (tertiary/aromatic N) is 2. The van der Waals surface area contributed by atoms with Crippen LogP contribution in [0.4, 0.5) is 0 Å². The van der Waals surface area contributed by atoms with Crippen LogP contribution in [-0.4, -0.2) is 28.9 Å². The van der Waals surface area contributed by atoms with E-state index in [9.17, 15) is 4.79 Å². The summed E-state index contributed by atoms with van der Waals surface area (Å²) in [6, 6.07) is 18.8. The third kappa shape index (κ3) is 4.23. The van der Waals surface area contributed by atoms with E-state index in [1.807, 2.05) is 36.1 Å². The molecule has 1 fully saturated rings. The first-order chi connectivity index (χ1) is 14.1. The second-order valence-electron chi connectivity index (χ2n) is 7.46. The van der Waals surface area contributed by atoms with Gasteiger partial charge in [-0.25, -0.2) is 0 Å². The molecule has 1 aliphatic rings. The number of aromatic nitrogens is 2. The molecule has 0 atom stereocenters. The standard InChI is InChI=1S/C23H25N3O2S/c1-26-19(9-12-25-26)15-17-5-7-20(8-6-17)29-21-4-2-3-18(16-21)23(22(24)27)10-13-28-14-11-23/h2-9,12,16H,10-11,13-15H2,1H3,(H2,24,27). The van der Waals surface area contributed by atoms with Crippen molar-refractivity contribution >= 4 is 17.7 Å². The lowest BCUT2D eigenvalue weighted by atomic mass is 9.73. The number of hydrogen-bond donors (Lipinski definition) is 1. The van der Waals surface area contributed by atoms with Crippen LogP contribution < -0.4 is 5.73 Å². The van der Waals surface area contributed by atoms with Crippen molar-refractivity contribution in [1.82, 2.24) is 9.78 Å². The Morgan fingerprint density at radius 2 is 1.90 bits per heavy atom. The third-order valence-electron chi connectivity index (χ3n) is 5.67. The number of carbonyl (C=O) groups excluding carboxylic acids is 1. The van der Waals surface area contributed by atoms with Crippen molar-refractivity contribution < 1.29 is 9.53 Å². The summed E-state index contributed by atoms with van der Waals surface area (Å²) in [5.41, 5.74) is 8.62. The Morgan fingerprint density at radius 1 is 1.14 bits per heavy atom. The van der Waals surface area contributed by atoms with E-state index in [1.165, 1.54) is 11.3 Å². The molecule has 0 unspecified atom stereocenters. The largest absolute Gasteiger partial charge is 0.381 e. The number of aryl methyl sites for hydroxylation is 1. The predicted octanol–water partition coefficient (Wildman–Crippen LogP) is 3.70. The zero-order chi connectivity index (χ0) is 20.3. The van der Waals surface area contributed by atoms with Gasteiger partial charge in [0.1, 0.15) is 0 Å². The molecule has 2 aromatic carbocycles. The summed E-state index contributed by atoms with van der Waals surface area (Å²) in [5.74, 6) is -0.262. The Bertz CT molecular complexity index is 991. The molecular weight excluding hydrogens is 382 g/mol. The molecule has 0 bridgehead atoms. The minimum absolute atomic E-state index is 0.262. The molecular formula is C23H25N3O2S. The third-order valence-corrected chi connectivity index (χ3v) is 6.67. The van der Waals surface area contributed by atoms with E-state index < -0.39 is 5.41 Å². The smallest absolute Gasteiger partial charge is 0.228 e. The molecule has 4 rings (SSSR count). The zero-order valence-electron chi connectivity index (χ0n) is 16.5. The first-order valence-corrected chi connectivity index (χ1v) is 10.6. The lowest BCUT2D eigenvalue weighted by molar-refractivity contribution is -0.127. The maximum Gasteiger partial charge on any atom is 0.228 e. The number of amides is 1. The average molecular weight is 408 g/mol. The number of carbonyl (C=O) groups is 1. The van der Waals surface area contributed by atoms with Gasteiger partial charge < -0.3 is 10.5 Å². The van der Waals surface area contributed by atoms with Gasteiger partial charge in [-0.3, -0.25) is 9.48 Å². The van der Waals surface area contributed by atoms with Crippen LogP contribution in [0, 0.1) is 0 Å². The van der Waals surface area contributed by atoms with Gasteiger partial charge in [-0.05, 0) is 54.3 Å². The van der Waals surface area contributed by atoms with Crippen molar-refractivity contribution in [3.63, 3.8) is 0 Å². The highest BCUT2D eigenvalue weighted by molar-refractivity contribution is 7.99. The number of rotatable bonds is 6. The van der Waals surface area contributed by atoms with Gasteiger partial charge in [0.05, 0.1) is 5.41 Å². The number of nitrogens with two attached hydrogens (primary N) is 1. The van der Waals surface area contributed by atoms with Gasteiger partial charge >= 0.3 is 0 Å². The van der Waals surface area contributed by atoms with E-state index in [4.69, 9.17) is 10.5 Å². The highest BCUT2D eigenvalue weighted by Crippen LogP contribution is 2.37. The highest BCUT2D eigenvalue weighted by Gasteiger charge is 2.40. The molecule has 1 aromatic heterocycles. The number of primary amides is 1. The van der Waals surface area contributed by atoms with Gasteiger partial charge in [-0.2, -0.15) is 5.10 Å².